The predicted octanol–water partition coefficient (Wildman–Crippen LogP) is 6.37. The second-order valence-electron chi connectivity index (χ2n) is 7.80. The first-order chi connectivity index (χ1) is 13.5. The van der Waals surface area contributed by atoms with E-state index in [0.29, 0.717) is 5.56 Å². The number of hydrogen-bond donors (Lipinski definition) is 0. The fourth-order valence-electron chi connectivity index (χ4n) is 4.24. The summed E-state index contributed by atoms with van der Waals surface area (Å²) in [5.74, 6) is -0.155. The van der Waals surface area contributed by atoms with Crippen molar-refractivity contribution in [2.24, 2.45) is 0 Å². The molecule has 28 heavy (non-hydrogen) atoms. The Balaban J connectivity index is 2.13. The molecule has 0 saturated heterocycles. The number of halogens is 1. The number of fused-ring (bicyclic) bond motifs is 3. The fourth-order valence-corrected chi connectivity index (χ4v) is 4.24. The molecule has 1 aliphatic rings. The largest absolute Gasteiger partial charge is 0.294 e. The first-order valence-electron chi connectivity index (χ1n) is 9.89. The van der Waals surface area contributed by atoms with Gasteiger partial charge in [0.1, 0.15) is 5.82 Å². The van der Waals surface area contributed by atoms with Crippen LogP contribution in [0.5, 0.6) is 0 Å². The standard InChI is InChI=1S/C25H24FNO/c1-15(2)24-22(16(3)28)23(18-11-13-19(26)14-12-18)21-10-6-8-17-7-4-5-9-20(17)25(21)27-24/h4-5,7,9,11-15H,6,8,10H2,1-3H3. The summed E-state index contributed by atoms with van der Waals surface area (Å²) in [6.45, 7) is 5.74. The Morgan fingerprint density at radius 2 is 1.75 bits per heavy atom. The molecule has 1 aliphatic carbocycles. The van der Waals surface area contributed by atoms with Gasteiger partial charge in [0.25, 0.3) is 0 Å². The van der Waals surface area contributed by atoms with Gasteiger partial charge in [-0.25, -0.2) is 4.39 Å². The van der Waals surface area contributed by atoms with Crippen LogP contribution in [0.15, 0.2) is 48.5 Å². The molecule has 0 spiro atoms. The smallest absolute Gasteiger partial charge is 0.162 e. The van der Waals surface area contributed by atoms with Crippen molar-refractivity contribution in [3.8, 4) is 22.4 Å². The molecule has 0 aliphatic heterocycles. The number of hydrogen-bond acceptors (Lipinski definition) is 2. The maximum atomic E-state index is 13.6. The van der Waals surface area contributed by atoms with Crippen molar-refractivity contribution in [3.63, 3.8) is 0 Å². The van der Waals surface area contributed by atoms with Crippen LogP contribution in [0.4, 0.5) is 4.39 Å². The molecule has 0 radical (unpaired) electrons. The molecule has 1 heterocycles. The van der Waals surface area contributed by atoms with Crippen LogP contribution < -0.4 is 0 Å². The number of benzene rings is 2. The van der Waals surface area contributed by atoms with E-state index in [1.165, 1.54) is 17.7 Å². The zero-order valence-corrected chi connectivity index (χ0v) is 16.6. The highest BCUT2D eigenvalue weighted by molar-refractivity contribution is 6.04. The fraction of sp³-hybridized carbons (Fsp3) is 0.280. The number of pyridine rings is 1. The minimum atomic E-state index is -0.275. The van der Waals surface area contributed by atoms with E-state index < -0.39 is 0 Å². The molecule has 0 fully saturated rings. The van der Waals surface area contributed by atoms with Crippen LogP contribution in [-0.4, -0.2) is 10.8 Å². The molecule has 2 aromatic carbocycles. The lowest BCUT2D eigenvalue weighted by atomic mass is 9.85. The van der Waals surface area contributed by atoms with Crippen LogP contribution in [0, 0.1) is 5.82 Å². The topological polar surface area (TPSA) is 30.0 Å². The number of Topliss-reactive ketones (excluding diaryl/α,β-unsaturated/α-hetero) is 1. The molecular weight excluding hydrogens is 349 g/mol. The van der Waals surface area contributed by atoms with Gasteiger partial charge < -0.3 is 0 Å². The van der Waals surface area contributed by atoms with Crippen molar-refractivity contribution >= 4 is 5.78 Å². The minimum Gasteiger partial charge on any atom is -0.294 e. The van der Waals surface area contributed by atoms with Gasteiger partial charge in [-0.1, -0.05) is 50.2 Å². The average Bonchev–Trinajstić information content (AvgIpc) is 2.86. The van der Waals surface area contributed by atoms with Crippen LogP contribution >= 0.6 is 0 Å². The summed E-state index contributed by atoms with van der Waals surface area (Å²) in [5, 5.41) is 0. The van der Waals surface area contributed by atoms with Crippen molar-refractivity contribution in [1.29, 1.82) is 0 Å². The van der Waals surface area contributed by atoms with Gasteiger partial charge in [0.2, 0.25) is 0 Å². The predicted molar refractivity (Wildman–Crippen MR) is 111 cm³/mol. The summed E-state index contributed by atoms with van der Waals surface area (Å²) in [7, 11) is 0. The summed E-state index contributed by atoms with van der Waals surface area (Å²) >= 11 is 0. The molecule has 142 valence electrons. The minimum absolute atomic E-state index is 0.0101. The summed E-state index contributed by atoms with van der Waals surface area (Å²) < 4.78 is 13.6. The van der Waals surface area contributed by atoms with Crippen LogP contribution in [0.2, 0.25) is 0 Å². The Labute approximate surface area is 165 Å². The van der Waals surface area contributed by atoms with Crippen LogP contribution in [-0.2, 0) is 12.8 Å². The highest BCUT2D eigenvalue weighted by Crippen LogP contribution is 2.41. The van der Waals surface area contributed by atoms with E-state index in [9.17, 15) is 9.18 Å². The molecule has 1 aromatic heterocycles. The second kappa shape index (κ2) is 7.31. The van der Waals surface area contributed by atoms with Gasteiger partial charge in [-0.05, 0) is 66.5 Å². The molecule has 3 heteroatoms. The summed E-state index contributed by atoms with van der Waals surface area (Å²) in [6.07, 6.45) is 2.84. The van der Waals surface area contributed by atoms with Crippen LogP contribution in [0.1, 0.15) is 60.3 Å². The molecule has 2 nitrogen and oxygen atoms in total. The van der Waals surface area contributed by atoms with Crippen LogP contribution in [0.25, 0.3) is 22.4 Å². The lowest BCUT2D eigenvalue weighted by molar-refractivity contribution is 0.101. The van der Waals surface area contributed by atoms with E-state index in [-0.39, 0.29) is 17.5 Å². The van der Waals surface area contributed by atoms with Crippen LogP contribution in [0.3, 0.4) is 0 Å². The zero-order chi connectivity index (χ0) is 19.8. The molecule has 0 saturated carbocycles. The van der Waals surface area contributed by atoms with Gasteiger partial charge in [0.15, 0.2) is 5.78 Å². The van der Waals surface area contributed by atoms with Gasteiger partial charge in [-0.2, -0.15) is 0 Å². The Morgan fingerprint density at radius 3 is 2.43 bits per heavy atom. The van der Waals surface area contributed by atoms with Gasteiger partial charge in [-0.3, -0.25) is 9.78 Å². The first-order valence-corrected chi connectivity index (χ1v) is 9.89. The number of carbonyl (C=O) groups excluding carboxylic acids is 1. The van der Waals surface area contributed by atoms with Crippen molar-refractivity contribution < 1.29 is 9.18 Å². The zero-order valence-electron chi connectivity index (χ0n) is 16.6. The van der Waals surface area contributed by atoms with Crippen molar-refractivity contribution in [2.45, 2.75) is 46.0 Å². The molecule has 0 amide bonds. The average molecular weight is 373 g/mol. The van der Waals surface area contributed by atoms with E-state index in [1.807, 2.05) is 6.07 Å². The van der Waals surface area contributed by atoms with Gasteiger partial charge in [-0.15, -0.1) is 0 Å². The highest BCUT2D eigenvalue weighted by Gasteiger charge is 2.27. The number of nitrogens with zero attached hydrogens (tertiary/aromatic N) is 1. The number of ketones is 1. The molecule has 0 bridgehead atoms. The maximum absolute atomic E-state index is 13.6. The number of aromatic nitrogens is 1. The molecule has 0 atom stereocenters. The normalized spacial score (nSPS) is 13.0. The third-order valence-electron chi connectivity index (χ3n) is 5.50. The first kappa shape index (κ1) is 18.5. The van der Waals surface area contributed by atoms with Crippen molar-refractivity contribution in [1.82, 2.24) is 4.98 Å². The quantitative estimate of drug-likeness (QED) is 0.499. The van der Waals surface area contributed by atoms with Gasteiger partial charge in [0, 0.05) is 11.1 Å². The van der Waals surface area contributed by atoms with E-state index in [4.69, 9.17) is 4.98 Å². The Kier molecular flexibility index (Phi) is 4.84. The lowest BCUT2D eigenvalue weighted by Gasteiger charge is -2.22. The Morgan fingerprint density at radius 1 is 1.04 bits per heavy atom. The highest BCUT2D eigenvalue weighted by atomic mass is 19.1. The Hall–Kier alpha value is -2.81. The summed E-state index contributed by atoms with van der Waals surface area (Å²) in [5.41, 5.74) is 7.83. The maximum Gasteiger partial charge on any atom is 0.162 e. The van der Waals surface area contributed by atoms with Gasteiger partial charge >= 0.3 is 0 Å². The lowest BCUT2D eigenvalue weighted by Crippen LogP contribution is -2.12. The molecule has 4 rings (SSSR count). The SMILES string of the molecule is CC(=O)c1c(C(C)C)nc2c(c1-c1ccc(F)cc1)CCCc1ccccc1-2. The number of rotatable bonds is 3. The molecular formula is C25H24FNO. The van der Waals surface area contributed by atoms with E-state index in [1.54, 1.807) is 19.1 Å². The summed E-state index contributed by atoms with van der Waals surface area (Å²) in [6, 6.07) is 14.9. The number of carbonyl (C=O) groups is 1. The second-order valence-corrected chi connectivity index (χ2v) is 7.80. The van der Waals surface area contributed by atoms with E-state index >= 15 is 0 Å². The van der Waals surface area contributed by atoms with Gasteiger partial charge in [0.05, 0.1) is 11.4 Å². The van der Waals surface area contributed by atoms with E-state index in [2.05, 4.69) is 32.0 Å². The van der Waals surface area contributed by atoms with Crippen molar-refractivity contribution in [2.75, 3.05) is 0 Å². The monoisotopic (exact) mass is 373 g/mol. The molecule has 0 unspecified atom stereocenters. The third kappa shape index (κ3) is 3.15. The third-order valence-corrected chi connectivity index (χ3v) is 5.50. The van der Waals surface area contributed by atoms with Crippen molar-refractivity contribution in [3.05, 3.63) is 76.7 Å². The molecule has 0 N–H and O–H groups in total. The molecule has 3 aromatic rings. The summed E-state index contributed by atoms with van der Waals surface area (Å²) in [4.78, 5) is 17.8. The van der Waals surface area contributed by atoms with E-state index in [0.717, 1.165) is 52.9 Å². The number of aryl methyl sites for hydroxylation is 1. The Bertz CT molecular complexity index is 1050.